The minimum atomic E-state index is -0.0603. The van der Waals surface area contributed by atoms with Gasteiger partial charge in [-0.2, -0.15) is 16.9 Å². The van der Waals surface area contributed by atoms with Crippen molar-refractivity contribution in [2.24, 2.45) is 5.92 Å². The van der Waals surface area contributed by atoms with Crippen LogP contribution < -0.4 is 10.9 Å². The van der Waals surface area contributed by atoms with Crippen LogP contribution in [0, 0.1) is 5.92 Å². The molecule has 5 nitrogen and oxygen atoms in total. The van der Waals surface area contributed by atoms with Crippen molar-refractivity contribution in [3.63, 3.8) is 0 Å². The van der Waals surface area contributed by atoms with Gasteiger partial charge in [0.15, 0.2) is 0 Å². The van der Waals surface area contributed by atoms with Crippen LogP contribution in [0.5, 0.6) is 0 Å². The summed E-state index contributed by atoms with van der Waals surface area (Å²) in [5, 5.41) is 16.1. The molecule has 2 rings (SSSR count). The van der Waals surface area contributed by atoms with E-state index >= 15 is 0 Å². The predicted molar refractivity (Wildman–Crippen MR) is 86.4 cm³/mol. The van der Waals surface area contributed by atoms with Gasteiger partial charge in [0.1, 0.15) is 4.47 Å². The Bertz CT molecular complexity index is 491. The van der Waals surface area contributed by atoms with Gasteiger partial charge >= 0.3 is 0 Å². The molecule has 1 aliphatic rings. The summed E-state index contributed by atoms with van der Waals surface area (Å²) in [5.41, 5.74) is 0.694. The fourth-order valence-corrected chi connectivity index (χ4v) is 3.02. The molecule has 0 aliphatic heterocycles. The molecule has 20 heavy (non-hydrogen) atoms. The number of halogens is 1. The lowest BCUT2D eigenvalue weighted by Gasteiger charge is -2.10. The fraction of sp³-hybridized carbons (Fsp3) is 0.692. The van der Waals surface area contributed by atoms with Gasteiger partial charge in [0.25, 0.3) is 5.56 Å². The molecule has 0 aromatic carbocycles. The van der Waals surface area contributed by atoms with Gasteiger partial charge in [0.05, 0.1) is 11.9 Å². The van der Waals surface area contributed by atoms with E-state index in [0.717, 1.165) is 36.7 Å². The van der Waals surface area contributed by atoms with Gasteiger partial charge in [-0.15, -0.1) is 0 Å². The highest BCUT2D eigenvalue weighted by molar-refractivity contribution is 9.10. The lowest BCUT2D eigenvalue weighted by molar-refractivity contribution is 0.296. The van der Waals surface area contributed by atoms with E-state index in [4.69, 9.17) is 5.11 Å². The van der Waals surface area contributed by atoms with Crippen LogP contribution in [0.4, 0.5) is 5.69 Å². The predicted octanol–water partition coefficient (Wildman–Crippen LogP) is 1.94. The van der Waals surface area contributed by atoms with Crippen molar-refractivity contribution in [1.29, 1.82) is 0 Å². The maximum atomic E-state index is 12.1. The Hall–Kier alpha value is -0.530. The molecule has 0 bridgehead atoms. The zero-order chi connectivity index (χ0) is 14.4. The average Bonchev–Trinajstić information content (AvgIpc) is 3.25. The van der Waals surface area contributed by atoms with Gasteiger partial charge in [0, 0.05) is 25.4 Å². The largest absolute Gasteiger partial charge is 0.396 e. The number of aliphatic hydroxyl groups excluding tert-OH is 1. The number of anilines is 1. The molecule has 1 aliphatic carbocycles. The van der Waals surface area contributed by atoms with E-state index < -0.39 is 0 Å². The summed E-state index contributed by atoms with van der Waals surface area (Å²) < 4.78 is 2.11. The molecule has 112 valence electrons. The van der Waals surface area contributed by atoms with Crippen LogP contribution in [-0.2, 0) is 6.54 Å². The number of aliphatic hydroxyl groups is 1. The van der Waals surface area contributed by atoms with Crippen molar-refractivity contribution >= 4 is 33.4 Å². The number of hydrogen-bond donors (Lipinski definition) is 2. The minimum absolute atomic E-state index is 0.0603. The number of nitrogens with one attached hydrogen (secondary N) is 1. The Balaban J connectivity index is 1.82. The van der Waals surface area contributed by atoms with Gasteiger partial charge in [-0.1, -0.05) is 0 Å². The van der Waals surface area contributed by atoms with Crippen molar-refractivity contribution in [3.05, 3.63) is 21.0 Å². The van der Waals surface area contributed by atoms with Crippen LogP contribution in [0.2, 0.25) is 0 Å². The SMILES string of the molecule is O=c1c(Br)c(NCCSCCCO)cnn1CC1CC1. The summed E-state index contributed by atoms with van der Waals surface area (Å²) in [6.07, 6.45) is 4.95. The lowest BCUT2D eigenvalue weighted by atomic mass is 10.4. The smallest absolute Gasteiger partial charge is 0.283 e. The average molecular weight is 362 g/mol. The van der Waals surface area contributed by atoms with Gasteiger partial charge in [-0.25, -0.2) is 4.68 Å². The molecule has 0 radical (unpaired) electrons. The molecule has 1 heterocycles. The summed E-state index contributed by atoms with van der Waals surface area (Å²) in [5.74, 6) is 2.53. The third kappa shape index (κ3) is 4.79. The Morgan fingerprint density at radius 2 is 2.30 bits per heavy atom. The Labute approximate surface area is 131 Å². The second-order valence-corrected chi connectivity index (χ2v) is 6.94. The molecule has 0 unspecified atom stereocenters. The third-order valence-electron chi connectivity index (χ3n) is 3.12. The number of aromatic nitrogens is 2. The second kappa shape index (κ2) is 8.05. The van der Waals surface area contributed by atoms with Gasteiger partial charge in [-0.3, -0.25) is 4.79 Å². The summed E-state index contributed by atoms with van der Waals surface area (Å²) in [7, 11) is 0. The topological polar surface area (TPSA) is 67.2 Å². The molecular formula is C13H20BrN3O2S. The van der Waals surface area contributed by atoms with E-state index in [1.54, 1.807) is 22.6 Å². The van der Waals surface area contributed by atoms with Crippen molar-refractivity contribution in [2.45, 2.75) is 25.8 Å². The summed E-state index contributed by atoms with van der Waals surface area (Å²) >= 11 is 5.15. The number of rotatable bonds is 9. The molecule has 1 saturated carbocycles. The highest BCUT2D eigenvalue weighted by Gasteiger charge is 2.23. The second-order valence-electron chi connectivity index (χ2n) is 4.92. The number of nitrogens with zero attached hydrogens (tertiary/aromatic N) is 2. The zero-order valence-corrected chi connectivity index (χ0v) is 13.8. The highest BCUT2D eigenvalue weighted by Crippen LogP contribution is 2.30. The maximum Gasteiger partial charge on any atom is 0.283 e. The first-order chi connectivity index (χ1) is 9.72. The van der Waals surface area contributed by atoms with Crippen LogP contribution in [0.25, 0.3) is 0 Å². The van der Waals surface area contributed by atoms with Crippen LogP contribution >= 0.6 is 27.7 Å². The molecule has 1 aromatic rings. The van der Waals surface area contributed by atoms with Crippen LogP contribution in [0.15, 0.2) is 15.5 Å². The first-order valence-corrected chi connectivity index (χ1v) is 8.85. The van der Waals surface area contributed by atoms with E-state index in [2.05, 4.69) is 26.3 Å². The first-order valence-electron chi connectivity index (χ1n) is 6.90. The highest BCUT2D eigenvalue weighted by atomic mass is 79.9. The standard InChI is InChI=1S/C13H20BrN3O2S/c14-12-11(15-4-7-20-6-1-5-18)8-16-17(13(12)19)9-10-2-3-10/h8,10,15,18H,1-7,9H2. The van der Waals surface area contributed by atoms with Crippen molar-refractivity contribution in [1.82, 2.24) is 9.78 Å². The molecule has 0 saturated heterocycles. The quantitative estimate of drug-likeness (QED) is 0.658. The summed E-state index contributed by atoms with van der Waals surface area (Å²) in [6, 6.07) is 0. The van der Waals surface area contributed by atoms with E-state index in [1.807, 2.05) is 0 Å². The summed E-state index contributed by atoms with van der Waals surface area (Å²) in [6.45, 7) is 1.76. The third-order valence-corrected chi connectivity index (χ3v) is 4.96. The van der Waals surface area contributed by atoms with Gasteiger partial charge < -0.3 is 10.4 Å². The van der Waals surface area contributed by atoms with Crippen LogP contribution in [0.3, 0.4) is 0 Å². The van der Waals surface area contributed by atoms with E-state index in [0.29, 0.717) is 10.4 Å². The maximum absolute atomic E-state index is 12.1. The monoisotopic (exact) mass is 361 g/mol. The van der Waals surface area contributed by atoms with Crippen molar-refractivity contribution in [2.75, 3.05) is 30.0 Å². The first kappa shape index (κ1) is 15.9. The molecule has 1 aromatic heterocycles. The minimum Gasteiger partial charge on any atom is -0.396 e. The van der Waals surface area contributed by atoms with E-state index in [9.17, 15) is 4.79 Å². The van der Waals surface area contributed by atoms with Crippen molar-refractivity contribution in [3.8, 4) is 0 Å². The molecule has 0 amide bonds. The van der Waals surface area contributed by atoms with E-state index in [-0.39, 0.29) is 12.2 Å². The Kier molecular flexibility index (Phi) is 6.38. The zero-order valence-electron chi connectivity index (χ0n) is 11.3. The van der Waals surface area contributed by atoms with E-state index in [1.165, 1.54) is 12.8 Å². The Morgan fingerprint density at radius 3 is 3.00 bits per heavy atom. The molecule has 1 fully saturated rings. The molecular weight excluding hydrogens is 342 g/mol. The number of thioether (sulfide) groups is 1. The van der Waals surface area contributed by atoms with Gasteiger partial charge in [0.2, 0.25) is 0 Å². The lowest BCUT2D eigenvalue weighted by Crippen LogP contribution is -2.25. The fourth-order valence-electron chi connectivity index (χ4n) is 1.79. The molecule has 0 spiro atoms. The van der Waals surface area contributed by atoms with Gasteiger partial charge in [-0.05, 0) is 46.9 Å². The normalized spacial score (nSPS) is 14.5. The molecule has 7 heteroatoms. The van der Waals surface area contributed by atoms with Crippen molar-refractivity contribution < 1.29 is 5.11 Å². The Morgan fingerprint density at radius 1 is 1.50 bits per heavy atom. The number of hydrogen-bond acceptors (Lipinski definition) is 5. The summed E-state index contributed by atoms with van der Waals surface area (Å²) in [4.78, 5) is 12.1. The van der Waals surface area contributed by atoms with Crippen LogP contribution in [0.1, 0.15) is 19.3 Å². The molecule has 2 N–H and O–H groups in total. The van der Waals surface area contributed by atoms with Crippen LogP contribution in [-0.4, -0.2) is 39.5 Å². The molecule has 0 atom stereocenters.